The number of aromatic nitrogens is 1. The Morgan fingerprint density at radius 1 is 1.02 bits per heavy atom. The number of alkyl carbamates (subject to hydrolysis) is 1. The first-order valence-electron chi connectivity index (χ1n) is 21.6. The van der Waals surface area contributed by atoms with Crippen molar-refractivity contribution in [3.63, 3.8) is 0 Å². The number of nitrogens with zero attached hydrogens (tertiary/aromatic N) is 2. The lowest BCUT2D eigenvalue weighted by Gasteiger charge is -2.35. The summed E-state index contributed by atoms with van der Waals surface area (Å²) >= 11 is 0. The van der Waals surface area contributed by atoms with Crippen LogP contribution in [0.2, 0.25) is 0 Å². The van der Waals surface area contributed by atoms with Gasteiger partial charge in [0.25, 0.3) is 5.91 Å². The minimum Gasteiger partial charge on any atom is -0.497 e. The lowest BCUT2D eigenvalue weighted by molar-refractivity contribution is -0.142. The van der Waals surface area contributed by atoms with Gasteiger partial charge in [-0.05, 0) is 120 Å². The largest absolute Gasteiger partial charge is 0.497 e. The Morgan fingerprint density at radius 2 is 1.78 bits per heavy atom. The molecule has 5 fully saturated rings. The van der Waals surface area contributed by atoms with Crippen LogP contribution in [0, 0.1) is 17.8 Å². The molecule has 0 radical (unpaired) electrons. The van der Waals surface area contributed by atoms with Gasteiger partial charge in [0.05, 0.1) is 30.1 Å². The van der Waals surface area contributed by atoms with Crippen LogP contribution in [0.3, 0.4) is 0 Å². The number of pyridine rings is 1. The second-order valence-electron chi connectivity index (χ2n) is 18.0. The summed E-state index contributed by atoms with van der Waals surface area (Å²) in [4.78, 5) is 63.7. The van der Waals surface area contributed by atoms with Gasteiger partial charge in [0.2, 0.25) is 21.8 Å². The highest BCUT2D eigenvalue weighted by atomic mass is 32.2. The molecule has 4 saturated carbocycles. The summed E-state index contributed by atoms with van der Waals surface area (Å²) in [5, 5.41) is 6.17. The Hall–Kier alpha value is -4.14. The number of hydrogen-bond acceptors (Lipinski definition) is 10. The van der Waals surface area contributed by atoms with E-state index in [1.807, 2.05) is 38.1 Å². The van der Waals surface area contributed by atoms with Crippen LogP contribution in [0.5, 0.6) is 11.5 Å². The van der Waals surface area contributed by atoms with Gasteiger partial charge >= 0.3 is 6.09 Å². The molecule has 0 spiro atoms. The van der Waals surface area contributed by atoms with Crippen molar-refractivity contribution in [3.8, 4) is 11.5 Å². The van der Waals surface area contributed by atoms with Gasteiger partial charge in [0, 0.05) is 11.8 Å². The average molecular weight is 822 g/mol. The van der Waals surface area contributed by atoms with Crippen molar-refractivity contribution < 1.29 is 41.8 Å². The Morgan fingerprint density at radius 3 is 2.50 bits per heavy atom. The molecular formula is C43H59N5O9S. The minimum absolute atomic E-state index is 0.0543. The van der Waals surface area contributed by atoms with Crippen LogP contribution in [0.1, 0.15) is 122 Å². The van der Waals surface area contributed by atoms with Gasteiger partial charge in [-0.3, -0.25) is 19.1 Å². The maximum absolute atomic E-state index is 15.0. The van der Waals surface area contributed by atoms with E-state index >= 15 is 0 Å². The topological polar surface area (TPSA) is 182 Å². The molecule has 1 saturated heterocycles. The minimum atomic E-state index is -3.86. The first-order chi connectivity index (χ1) is 27.8. The first kappa shape index (κ1) is 40.6. The molecule has 58 heavy (non-hydrogen) atoms. The van der Waals surface area contributed by atoms with Crippen molar-refractivity contribution >= 4 is 44.7 Å². The fourth-order valence-corrected chi connectivity index (χ4v) is 11.7. The highest BCUT2D eigenvalue weighted by Crippen LogP contribution is 2.47. The van der Waals surface area contributed by atoms with E-state index in [0.29, 0.717) is 37.2 Å². The number of aryl methyl sites for hydroxylation is 1. The third-order valence-electron chi connectivity index (χ3n) is 14.0. The van der Waals surface area contributed by atoms with E-state index in [1.54, 1.807) is 7.11 Å². The van der Waals surface area contributed by atoms with E-state index in [1.165, 1.54) is 4.90 Å². The summed E-state index contributed by atoms with van der Waals surface area (Å²) in [5.74, 6) is -0.652. The highest BCUT2D eigenvalue weighted by molar-refractivity contribution is 7.91. The molecule has 1 aromatic heterocycles. The van der Waals surface area contributed by atoms with E-state index in [0.717, 1.165) is 87.2 Å². The molecule has 3 heterocycles. The summed E-state index contributed by atoms with van der Waals surface area (Å²) in [5.41, 5.74) is -0.459. The lowest BCUT2D eigenvalue weighted by Crippen LogP contribution is -2.59. The van der Waals surface area contributed by atoms with Crippen LogP contribution in [0.15, 0.2) is 24.3 Å². The second kappa shape index (κ2) is 16.1. The maximum Gasteiger partial charge on any atom is 0.408 e. The third kappa shape index (κ3) is 8.21. The van der Waals surface area contributed by atoms with Crippen LogP contribution >= 0.6 is 0 Å². The van der Waals surface area contributed by atoms with Crippen molar-refractivity contribution in [3.05, 3.63) is 30.0 Å². The van der Waals surface area contributed by atoms with E-state index in [9.17, 15) is 27.6 Å². The summed E-state index contributed by atoms with van der Waals surface area (Å²) in [6.07, 6.45) is 11.1. The van der Waals surface area contributed by atoms with E-state index in [4.69, 9.17) is 19.2 Å². The first-order valence-corrected chi connectivity index (χ1v) is 23.2. The number of nitrogens with one attached hydrogen (secondary N) is 3. The molecule has 15 heteroatoms. The van der Waals surface area contributed by atoms with Gasteiger partial charge in [0.15, 0.2) is 0 Å². The van der Waals surface area contributed by atoms with Crippen molar-refractivity contribution in [1.82, 2.24) is 25.2 Å². The molecule has 316 valence electrons. The molecule has 3 N–H and O–H groups in total. The summed E-state index contributed by atoms with van der Waals surface area (Å²) in [6, 6.07) is 5.68. The Bertz CT molecular complexity index is 2040. The molecule has 4 aliphatic carbocycles. The summed E-state index contributed by atoms with van der Waals surface area (Å²) in [7, 11) is -2.25. The molecule has 1 unspecified atom stereocenters. The predicted octanol–water partition coefficient (Wildman–Crippen LogP) is 5.45. The fraction of sp³-hybridized carbons (Fsp3) is 0.698. The number of benzene rings is 1. The van der Waals surface area contributed by atoms with Gasteiger partial charge in [-0.2, -0.15) is 0 Å². The van der Waals surface area contributed by atoms with Crippen LogP contribution in [0.25, 0.3) is 10.9 Å². The normalized spacial score (nSPS) is 32.2. The number of amides is 4. The molecule has 2 aromatic rings. The zero-order valence-corrected chi connectivity index (χ0v) is 34.9. The number of hydrogen-bond donors (Lipinski definition) is 3. The van der Waals surface area contributed by atoms with Crippen molar-refractivity contribution in [1.29, 1.82) is 0 Å². The summed E-state index contributed by atoms with van der Waals surface area (Å²) in [6.45, 7) is 3.97. The highest BCUT2D eigenvalue weighted by Gasteiger charge is 2.62. The van der Waals surface area contributed by atoms with Crippen LogP contribution < -0.4 is 24.8 Å². The molecule has 2 bridgehead atoms. The van der Waals surface area contributed by atoms with Crippen LogP contribution in [-0.4, -0.2) is 90.3 Å². The smallest absolute Gasteiger partial charge is 0.408 e. The number of ether oxygens (including phenoxy) is 3. The lowest BCUT2D eigenvalue weighted by atomic mass is 9.87. The van der Waals surface area contributed by atoms with Gasteiger partial charge in [-0.15, -0.1) is 0 Å². The standard InChI is InChI=1S/C43H59N5O9S/c1-4-28-24-43(28,40(51)47-58(53,54)32-17-18-32)46-38(49)35-23-31-25-48(35)39(50)37(26-11-8-9-12-26)45-41(52)57-42(2)20-10-14-29(42)13-6-5-7-15-34-36(56-31)22-27-21-30(55-3)16-19-33(27)44-34/h16,19,21-22,26,28-29,31-32,35,37H,4-15,17-18,20,23-25H2,1-3H3,(H,45,52)(H,46,49)(H,47,51)/t28-,29-,31-,35+,37?,42-,43-/m1/s1. The predicted molar refractivity (Wildman–Crippen MR) is 215 cm³/mol. The molecule has 7 atom stereocenters. The number of carbonyl (C=O) groups excluding carboxylic acids is 4. The van der Waals surface area contributed by atoms with Crippen molar-refractivity contribution in [2.75, 3.05) is 13.7 Å². The van der Waals surface area contributed by atoms with E-state index in [2.05, 4.69) is 15.4 Å². The second-order valence-corrected chi connectivity index (χ2v) is 19.9. The molecule has 14 nitrogen and oxygen atoms in total. The quantitative estimate of drug-likeness (QED) is 0.310. The third-order valence-corrected chi connectivity index (χ3v) is 15.9. The van der Waals surface area contributed by atoms with Gasteiger partial charge in [-0.1, -0.05) is 39.0 Å². The number of fused-ring (bicyclic) bond motifs is 5. The fourth-order valence-electron chi connectivity index (χ4n) is 10.3. The average Bonchev–Trinajstić information content (AvgIpc) is 4.01. The number of methoxy groups -OCH3 is 1. The molecule has 2 aliphatic heterocycles. The van der Waals surface area contributed by atoms with Gasteiger partial charge in [-0.25, -0.2) is 18.2 Å². The molecular weight excluding hydrogens is 763 g/mol. The van der Waals surface area contributed by atoms with Crippen molar-refractivity contribution in [2.24, 2.45) is 17.8 Å². The number of carbonyl (C=O) groups is 4. The van der Waals surface area contributed by atoms with Crippen LogP contribution in [-0.2, 0) is 35.6 Å². The Balaban J connectivity index is 1.14. The van der Waals surface area contributed by atoms with E-state index in [-0.39, 0.29) is 37.1 Å². The molecule has 4 amide bonds. The number of sulfonamides is 1. The number of rotatable bonds is 8. The Kier molecular flexibility index (Phi) is 11.3. The molecule has 6 aliphatic rings. The van der Waals surface area contributed by atoms with E-state index < -0.39 is 68.4 Å². The van der Waals surface area contributed by atoms with Gasteiger partial charge < -0.3 is 29.7 Å². The zero-order chi connectivity index (χ0) is 40.8. The Labute approximate surface area is 341 Å². The summed E-state index contributed by atoms with van der Waals surface area (Å²) < 4.78 is 46.5. The van der Waals surface area contributed by atoms with Crippen molar-refractivity contribution in [2.45, 2.75) is 158 Å². The monoisotopic (exact) mass is 821 g/mol. The molecule has 1 aromatic carbocycles. The van der Waals surface area contributed by atoms with Gasteiger partial charge in [0.1, 0.15) is 40.8 Å². The zero-order valence-electron chi connectivity index (χ0n) is 34.1. The van der Waals surface area contributed by atoms with Crippen LogP contribution in [0.4, 0.5) is 4.79 Å². The molecule has 8 rings (SSSR count). The maximum atomic E-state index is 15.0. The SMILES string of the molecule is CC[C@@H]1C[C@]1(NC(=O)[C@@H]1C[C@@H]2CN1C(=O)C(C1CCCC1)NC(=O)O[C@]1(C)CCC[C@H]1CCCCCc1nc3ccc(OC)cc3cc1O2)C(=O)NS(=O)(=O)C1CC1.